The summed E-state index contributed by atoms with van der Waals surface area (Å²) in [6, 6.07) is 13.9. The van der Waals surface area contributed by atoms with Crippen molar-refractivity contribution in [2.45, 2.75) is 6.92 Å². The zero-order valence-electron chi connectivity index (χ0n) is 12.5. The van der Waals surface area contributed by atoms with Crippen LogP contribution in [0, 0.1) is 6.92 Å². The van der Waals surface area contributed by atoms with Gasteiger partial charge in [0.15, 0.2) is 6.61 Å². The van der Waals surface area contributed by atoms with E-state index in [4.69, 9.17) is 9.84 Å². The number of carbonyl (C=O) groups excluding carboxylic acids is 1. The van der Waals surface area contributed by atoms with E-state index in [1.165, 1.54) is 6.21 Å². The Morgan fingerprint density at radius 3 is 2.52 bits per heavy atom. The SMILES string of the molecule is Cc1ccccc1C(=O)N/N=C/c1ccc(OCC(=O)O)cc1. The van der Waals surface area contributed by atoms with Gasteiger partial charge in [-0.3, -0.25) is 4.79 Å². The second-order valence-electron chi connectivity index (χ2n) is 4.77. The molecule has 2 aromatic rings. The third-order valence-corrected chi connectivity index (χ3v) is 3.01. The maximum atomic E-state index is 12.0. The quantitative estimate of drug-likeness (QED) is 0.632. The van der Waals surface area contributed by atoms with Crippen molar-refractivity contribution in [3.05, 3.63) is 65.2 Å². The van der Waals surface area contributed by atoms with Crippen LogP contribution in [-0.2, 0) is 4.79 Å². The fourth-order valence-corrected chi connectivity index (χ4v) is 1.85. The summed E-state index contributed by atoms with van der Waals surface area (Å²) in [4.78, 5) is 22.4. The van der Waals surface area contributed by atoms with Crippen molar-refractivity contribution in [3.8, 4) is 5.75 Å². The predicted molar refractivity (Wildman–Crippen MR) is 85.8 cm³/mol. The van der Waals surface area contributed by atoms with Crippen molar-refractivity contribution in [1.29, 1.82) is 0 Å². The van der Waals surface area contributed by atoms with Gasteiger partial charge in [-0.25, -0.2) is 10.2 Å². The van der Waals surface area contributed by atoms with E-state index < -0.39 is 5.97 Å². The minimum absolute atomic E-state index is 0.277. The lowest BCUT2D eigenvalue weighted by Crippen LogP contribution is -2.18. The first-order chi connectivity index (χ1) is 11.1. The number of hydrazone groups is 1. The van der Waals surface area contributed by atoms with Crippen LogP contribution in [0.5, 0.6) is 5.75 Å². The molecule has 0 aromatic heterocycles. The second-order valence-corrected chi connectivity index (χ2v) is 4.77. The largest absolute Gasteiger partial charge is 0.482 e. The van der Waals surface area contributed by atoms with Crippen LogP contribution in [0.4, 0.5) is 0 Å². The number of carbonyl (C=O) groups is 2. The van der Waals surface area contributed by atoms with Crippen molar-refractivity contribution in [3.63, 3.8) is 0 Å². The summed E-state index contributed by atoms with van der Waals surface area (Å²) in [5.74, 6) is -0.858. The number of aliphatic carboxylic acids is 1. The highest BCUT2D eigenvalue weighted by Crippen LogP contribution is 2.11. The molecule has 0 saturated carbocycles. The molecule has 2 N–H and O–H groups in total. The number of benzene rings is 2. The normalized spacial score (nSPS) is 10.5. The van der Waals surface area contributed by atoms with Gasteiger partial charge in [-0.2, -0.15) is 5.10 Å². The molecule has 0 saturated heterocycles. The molecular formula is C17H16N2O4. The summed E-state index contributed by atoms with van der Waals surface area (Å²) >= 11 is 0. The van der Waals surface area contributed by atoms with Gasteiger partial charge in [0, 0.05) is 5.56 Å². The lowest BCUT2D eigenvalue weighted by molar-refractivity contribution is -0.139. The van der Waals surface area contributed by atoms with Crippen LogP contribution >= 0.6 is 0 Å². The molecule has 118 valence electrons. The fourth-order valence-electron chi connectivity index (χ4n) is 1.85. The van der Waals surface area contributed by atoms with Crippen molar-refractivity contribution >= 4 is 18.1 Å². The van der Waals surface area contributed by atoms with Gasteiger partial charge >= 0.3 is 5.97 Å². The van der Waals surface area contributed by atoms with Gasteiger partial charge in [-0.1, -0.05) is 18.2 Å². The standard InChI is InChI=1S/C17H16N2O4/c1-12-4-2-3-5-15(12)17(22)19-18-10-13-6-8-14(9-7-13)23-11-16(20)21/h2-10H,11H2,1H3,(H,19,22)(H,20,21)/b18-10+. The van der Waals surface area contributed by atoms with Crippen LogP contribution in [0.2, 0.25) is 0 Å². The van der Waals surface area contributed by atoms with Crippen LogP contribution in [0.1, 0.15) is 21.5 Å². The number of hydrogen-bond acceptors (Lipinski definition) is 4. The summed E-state index contributed by atoms with van der Waals surface area (Å²) in [5, 5.41) is 12.4. The average molecular weight is 312 g/mol. The van der Waals surface area contributed by atoms with E-state index in [2.05, 4.69) is 10.5 Å². The number of nitrogens with zero attached hydrogens (tertiary/aromatic N) is 1. The third kappa shape index (κ3) is 4.96. The van der Waals surface area contributed by atoms with E-state index in [1.54, 1.807) is 36.4 Å². The molecule has 1 amide bonds. The average Bonchev–Trinajstić information content (AvgIpc) is 2.54. The van der Waals surface area contributed by atoms with Crippen molar-refractivity contribution in [2.75, 3.05) is 6.61 Å². The smallest absolute Gasteiger partial charge is 0.341 e. The molecule has 0 heterocycles. The van der Waals surface area contributed by atoms with Gasteiger partial charge in [-0.05, 0) is 48.4 Å². The molecule has 0 aliphatic carbocycles. The zero-order chi connectivity index (χ0) is 16.7. The van der Waals surface area contributed by atoms with Gasteiger partial charge in [-0.15, -0.1) is 0 Å². The Bertz CT molecular complexity index is 724. The molecule has 0 aliphatic heterocycles. The first-order valence-corrected chi connectivity index (χ1v) is 6.90. The molecule has 6 nitrogen and oxygen atoms in total. The molecule has 2 rings (SSSR count). The molecule has 0 fully saturated rings. The Hall–Kier alpha value is -3.15. The highest BCUT2D eigenvalue weighted by atomic mass is 16.5. The minimum Gasteiger partial charge on any atom is -0.482 e. The molecule has 0 bridgehead atoms. The van der Waals surface area contributed by atoms with Crippen LogP contribution < -0.4 is 10.2 Å². The number of ether oxygens (including phenoxy) is 1. The Morgan fingerprint density at radius 2 is 1.87 bits per heavy atom. The van der Waals surface area contributed by atoms with Gasteiger partial charge in [0.1, 0.15) is 5.75 Å². The van der Waals surface area contributed by atoms with E-state index in [0.717, 1.165) is 11.1 Å². The number of carboxylic acid groups (broad SMARTS) is 1. The van der Waals surface area contributed by atoms with Gasteiger partial charge < -0.3 is 9.84 Å². The number of nitrogens with one attached hydrogen (secondary N) is 1. The summed E-state index contributed by atoms with van der Waals surface area (Å²) in [5.41, 5.74) is 4.66. The number of rotatable bonds is 6. The number of hydrogen-bond donors (Lipinski definition) is 2. The molecule has 0 spiro atoms. The molecule has 0 aliphatic rings. The second kappa shape index (κ2) is 7.74. The maximum absolute atomic E-state index is 12.0. The van der Waals surface area contributed by atoms with Gasteiger partial charge in [0.2, 0.25) is 0 Å². The van der Waals surface area contributed by atoms with Gasteiger partial charge in [0.05, 0.1) is 6.21 Å². The Balaban J connectivity index is 1.92. The van der Waals surface area contributed by atoms with Crippen LogP contribution in [0.15, 0.2) is 53.6 Å². The van der Waals surface area contributed by atoms with Gasteiger partial charge in [0.25, 0.3) is 5.91 Å². The zero-order valence-corrected chi connectivity index (χ0v) is 12.5. The van der Waals surface area contributed by atoms with Crippen LogP contribution in [-0.4, -0.2) is 29.8 Å². The third-order valence-electron chi connectivity index (χ3n) is 3.01. The topological polar surface area (TPSA) is 88.0 Å². The van der Waals surface area contributed by atoms with Crippen molar-refractivity contribution in [1.82, 2.24) is 5.43 Å². The maximum Gasteiger partial charge on any atom is 0.341 e. The molecule has 6 heteroatoms. The van der Waals surface area contributed by atoms with E-state index in [1.807, 2.05) is 19.1 Å². The Kier molecular flexibility index (Phi) is 5.46. The summed E-state index contributed by atoms with van der Waals surface area (Å²) in [6.07, 6.45) is 1.50. The lowest BCUT2D eigenvalue weighted by atomic mass is 10.1. The van der Waals surface area contributed by atoms with Crippen LogP contribution in [0.25, 0.3) is 0 Å². The fraction of sp³-hybridized carbons (Fsp3) is 0.118. The molecule has 0 unspecified atom stereocenters. The van der Waals surface area contributed by atoms with E-state index >= 15 is 0 Å². The highest BCUT2D eigenvalue weighted by Gasteiger charge is 2.06. The first kappa shape index (κ1) is 16.2. The van der Waals surface area contributed by atoms with Crippen molar-refractivity contribution in [2.24, 2.45) is 5.10 Å². The van der Waals surface area contributed by atoms with E-state index in [0.29, 0.717) is 11.3 Å². The molecule has 0 atom stereocenters. The Morgan fingerprint density at radius 1 is 1.17 bits per heavy atom. The monoisotopic (exact) mass is 312 g/mol. The van der Waals surface area contributed by atoms with E-state index in [9.17, 15) is 9.59 Å². The first-order valence-electron chi connectivity index (χ1n) is 6.90. The number of amides is 1. The lowest BCUT2D eigenvalue weighted by Gasteiger charge is -2.04. The van der Waals surface area contributed by atoms with Crippen molar-refractivity contribution < 1.29 is 19.4 Å². The summed E-state index contributed by atoms with van der Waals surface area (Å²) in [6.45, 7) is 1.47. The highest BCUT2D eigenvalue weighted by molar-refractivity contribution is 5.96. The number of carboxylic acids is 1. The minimum atomic E-state index is -1.03. The van der Waals surface area contributed by atoms with Crippen LogP contribution in [0.3, 0.4) is 0 Å². The Labute approximate surface area is 133 Å². The molecule has 23 heavy (non-hydrogen) atoms. The summed E-state index contributed by atoms with van der Waals surface area (Å²) < 4.78 is 5.02. The molecule has 2 aromatic carbocycles. The van der Waals surface area contributed by atoms with E-state index in [-0.39, 0.29) is 12.5 Å². The molecular weight excluding hydrogens is 296 g/mol. The molecule has 0 radical (unpaired) electrons. The summed E-state index contributed by atoms with van der Waals surface area (Å²) in [7, 11) is 0. The number of aryl methyl sites for hydroxylation is 1. The predicted octanol–water partition coefficient (Wildman–Crippen LogP) is 2.22.